The molecule has 3 heterocycles. The number of carbonyl (C=O) groups excluding carboxylic acids is 1. The molecule has 0 atom stereocenters. The van der Waals surface area contributed by atoms with Gasteiger partial charge in [-0.1, -0.05) is 6.07 Å². The first kappa shape index (κ1) is 17.6. The average Bonchev–Trinajstić information content (AvgIpc) is 3.10. The predicted octanol–water partition coefficient (Wildman–Crippen LogP) is 1.92. The number of nitrogens with one attached hydrogen (secondary N) is 2. The summed E-state index contributed by atoms with van der Waals surface area (Å²) in [6.45, 7) is 4.38. The van der Waals surface area contributed by atoms with Crippen molar-refractivity contribution in [3.8, 4) is 0 Å². The van der Waals surface area contributed by atoms with Gasteiger partial charge in [0.25, 0.3) is 0 Å². The molecule has 0 radical (unpaired) electrons. The Labute approximate surface area is 157 Å². The van der Waals surface area contributed by atoms with Crippen molar-refractivity contribution in [1.82, 2.24) is 15.2 Å². The van der Waals surface area contributed by atoms with E-state index in [0.717, 1.165) is 37.4 Å². The molecule has 2 N–H and O–H groups in total. The summed E-state index contributed by atoms with van der Waals surface area (Å²) < 4.78 is 11.5. The van der Waals surface area contributed by atoms with Crippen LogP contribution in [-0.4, -0.2) is 53.2 Å². The smallest absolute Gasteiger partial charge is 0.249 e. The number of piperidine rings is 1. The molecule has 2 aromatic rings. The molecule has 2 saturated heterocycles. The topological polar surface area (TPSA) is 102 Å². The fraction of sp³-hybridized carbons (Fsp3) is 0.444. The first-order chi connectivity index (χ1) is 13.1. The first-order valence-electron chi connectivity index (χ1n) is 8.99. The maximum atomic E-state index is 11.2. The molecular weight excluding hydrogens is 348 g/mol. The molecule has 27 heavy (non-hydrogen) atoms. The molecule has 0 bridgehead atoms. The third kappa shape index (κ3) is 4.15. The number of rotatable bonds is 4. The molecule has 0 unspecified atom stereocenters. The minimum absolute atomic E-state index is 0.120. The predicted molar refractivity (Wildman–Crippen MR) is 99.9 cm³/mol. The van der Waals surface area contributed by atoms with E-state index >= 15 is 0 Å². The fourth-order valence-electron chi connectivity index (χ4n) is 3.37. The zero-order chi connectivity index (χ0) is 18.7. The third-order valence-corrected chi connectivity index (χ3v) is 4.65. The van der Waals surface area contributed by atoms with Crippen LogP contribution in [0.15, 0.2) is 30.5 Å². The molecule has 9 heteroatoms. The monoisotopic (exact) mass is 370 g/mol. The van der Waals surface area contributed by atoms with Crippen LogP contribution in [0.4, 0.5) is 23.1 Å². The molecule has 9 nitrogen and oxygen atoms in total. The van der Waals surface area contributed by atoms with E-state index in [1.165, 1.54) is 6.92 Å². The van der Waals surface area contributed by atoms with Crippen molar-refractivity contribution in [1.29, 1.82) is 0 Å². The van der Waals surface area contributed by atoms with Crippen LogP contribution >= 0.6 is 0 Å². The van der Waals surface area contributed by atoms with Gasteiger partial charge in [0.05, 0.1) is 19.4 Å². The Morgan fingerprint density at radius 1 is 1.19 bits per heavy atom. The van der Waals surface area contributed by atoms with Crippen LogP contribution < -0.4 is 15.5 Å². The highest BCUT2D eigenvalue weighted by atomic mass is 16.7. The fourth-order valence-corrected chi connectivity index (χ4v) is 3.37. The summed E-state index contributed by atoms with van der Waals surface area (Å²) in [5.74, 6) is 0.631. The van der Waals surface area contributed by atoms with Crippen molar-refractivity contribution in [2.75, 3.05) is 41.8 Å². The molecule has 0 aliphatic carbocycles. The maximum absolute atomic E-state index is 11.2. The molecule has 1 amide bonds. The highest BCUT2D eigenvalue weighted by Crippen LogP contribution is 2.32. The lowest BCUT2D eigenvalue weighted by molar-refractivity contribution is -0.169. The molecule has 1 aromatic heterocycles. The van der Waals surface area contributed by atoms with Crippen LogP contribution in [0.5, 0.6) is 0 Å². The summed E-state index contributed by atoms with van der Waals surface area (Å²) in [5, 5.41) is 14.0. The van der Waals surface area contributed by atoms with Gasteiger partial charge in [-0.05, 0) is 18.2 Å². The number of anilines is 4. The van der Waals surface area contributed by atoms with Crippen molar-refractivity contribution < 1.29 is 14.3 Å². The van der Waals surface area contributed by atoms with Crippen molar-refractivity contribution in [3.63, 3.8) is 0 Å². The van der Waals surface area contributed by atoms with Gasteiger partial charge in [0, 0.05) is 44.2 Å². The Kier molecular flexibility index (Phi) is 4.87. The summed E-state index contributed by atoms with van der Waals surface area (Å²) in [5.41, 5.74) is 1.47. The van der Waals surface area contributed by atoms with Crippen LogP contribution in [0.3, 0.4) is 0 Å². The lowest BCUT2D eigenvalue weighted by atomic mass is 10.0. The standard InChI is InChI=1S/C18H22N6O3/c1-13(25)20-14-3-2-4-15(11-14)21-17-22-16(12-19-23-17)24-7-5-18(6-8-24)26-9-10-27-18/h2-4,11-12H,5-10H2,1H3,(H,20,25)(H,21,22,23). The molecular formula is C18H22N6O3. The van der Waals surface area contributed by atoms with Gasteiger partial charge in [0.2, 0.25) is 11.9 Å². The van der Waals surface area contributed by atoms with Crippen LogP contribution in [0.2, 0.25) is 0 Å². The molecule has 2 aliphatic rings. The second-order valence-electron chi connectivity index (χ2n) is 6.62. The number of hydrogen-bond donors (Lipinski definition) is 2. The van der Waals surface area contributed by atoms with Crippen LogP contribution in [-0.2, 0) is 14.3 Å². The van der Waals surface area contributed by atoms with Crippen molar-refractivity contribution in [3.05, 3.63) is 30.5 Å². The number of carbonyl (C=O) groups is 1. The Hall–Kier alpha value is -2.78. The summed E-state index contributed by atoms with van der Waals surface area (Å²) >= 11 is 0. The first-order valence-corrected chi connectivity index (χ1v) is 8.99. The lowest BCUT2D eigenvalue weighted by Gasteiger charge is -2.37. The third-order valence-electron chi connectivity index (χ3n) is 4.65. The van der Waals surface area contributed by atoms with E-state index < -0.39 is 5.79 Å². The minimum atomic E-state index is -0.414. The lowest BCUT2D eigenvalue weighted by Crippen LogP contribution is -2.45. The largest absolute Gasteiger partial charge is 0.355 e. The van der Waals surface area contributed by atoms with Gasteiger partial charge in [-0.25, -0.2) is 0 Å². The van der Waals surface area contributed by atoms with E-state index in [-0.39, 0.29) is 5.91 Å². The maximum Gasteiger partial charge on any atom is 0.249 e. The van der Waals surface area contributed by atoms with Crippen LogP contribution in [0.1, 0.15) is 19.8 Å². The average molecular weight is 370 g/mol. The Balaban J connectivity index is 1.43. The second-order valence-corrected chi connectivity index (χ2v) is 6.62. The minimum Gasteiger partial charge on any atom is -0.355 e. The summed E-state index contributed by atoms with van der Waals surface area (Å²) in [6.07, 6.45) is 3.27. The van der Waals surface area contributed by atoms with E-state index in [4.69, 9.17) is 9.47 Å². The molecule has 2 aliphatic heterocycles. The number of benzene rings is 1. The quantitative estimate of drug-likeness (QED) is 0.842. The van der Waals surface area contributed by atoms with E-state index in [9.17, 15) is 4.79 Å². The molecule has 4 rings (SSSR count). The van der Waals surface area contributed by atoms with Gasteiger partial charge in [-0.15, -0.1) is 5.10 Å². The molecule has 0 saturated carbocycles. The van der Waals surface area contributed by atoms with E-state index in [1.54, 1.807) is 6.20 Å². The highest BCUT2D eigenvalue weighted by Gasteiger charge is 2.40. The number of ether oxygens (including phenoxy) is 2. The zero-order valence-corrected chi connectivity index (χ0v) is 15.1. The van der Waals surface area contributed by atoms with Crippen LogP contribution in [0.25, 0.3) is 0 Å². The summed E-state index contributed by atoms with van der Waals surface area (Å²) in [7, 11) is 0. The van der Waals surface area contributed by atoms with E-state index in [0.29, 0.717) is 24.8 Å². The summed E-state index contributed by atoms with van der Waals surface area (Å²) in [4.78, 5) is 17.9. The summed E-state index contributed by atoms with van der Waals surface area (Å²) in [6, 6.07) is 7.35. The second kappa shape index (κ2) is 7.45. The molecule has 1 spiro atoms. The number of amides is 1. The highest BCUT2D eigenvalue weighted by molar-refractivity contribution is 5.89. The Bertz CT molecular complexity index is 814. The normalized spacial score (nSPS) is 18.5. The molecule has 1 aromatic carbocycles. The Morgan fingerprint density at radius 2 is 1.93 bits per heavy atom. The van der Waals surface area contributed by atoms with Crippen LogP contribution in [0, 0.1) is 0 Å². The molecule has 142 valence electrons. The van der Waals surface area contributed by atoms with Gasteiger partial charge in [-0.3, -0.25) is 4.79 Å². The zero-order valence-electron chi connectivity index (χ0n) is 15.1. The van der Waals surface area contributed by atoms with Gasteiger partial charge in [-0.2, -0.15) is 10.1 Å². The SMILES string of the molecule is CC(=O)Nc1cccc(Nc2nncc(N3CCC4(CC3)OCCO4)n2)c1. The molecule has 2 fully saturated rings. The Morgan fingerprint density at radius 3 is 2.67 bits per heavy atom. The van der Waals surface area contributed by atoms with Crippen molar-refractivity contribution >= 4 is 29.0 Å². The van der Waals surface area contributed by atoms with Gasteiger partial charge in [0.15, 0.2) is 11.6 Å². The van der Waals surface area contributed by atoms with E-state index in [2.05, 4.69) is 30.7 Å². The number of aromatic nitrogens is 3. The van der Waals surface area contributed by atoms with Gasteiger partial charge >= 0.3 is 0 Å². The number of hydrogen-bond acceptors (Lipinski definition) is 8. The number of nitrogens with zero attached hydrogens (tertiary/aromatic N) is 4. The van der Waals surface area contributed by atoms with Crippen molar-refractivity contribution in [2.24, 2.45) is 0 Å². The van der Waals surface area contributed by atoms with Crippen molar-refractivity contribution in [2.45, 2.75) is 25.6 Å². The van der Waals surface area contributed by atoms with Gasteiger partial charge in [0.1, 0.15) is 0 Å². The van der Waals surface area contributed by atoms with Gasteiger partial charge < -0.3 is 25.0 Å². The van der Waals surface area contributed by atoms with E-state index in [1.807, 2.05) is 24.3 Å².